The number of amides is 2. The molecule has 0 bridgehead atoms. The Bertz CT molecular complexity index is 475. The van der Waals surface area contributed by atoms with Crippen molar-refractivity contribution in [1.82, 2.24) is 15.2 Å². The van der Waals surface area contributed by atoms with E-state index in [4.69, 9.17) is 0 Å². The van der Waals surface area contributed by atoms with Gasteiger partial charge in [-0.05, 0) is 31.5 Å². The molecular weight excluding hydrogens is 244 g/mol. The Hall–Kier alpha value is -1.95. The van der Waals surface area contributed by atoms with Gasteiger partial charge in [-0.1, -0.05) is 0 Å². The largest absolute Gasteiger partial charge is 0.332 e. The van der Waals surface area contributed by atoms with E-state index in [0.717, 1.165) is 24.3 Å². The van der Waals surface area contributed by atoms with Crippen LogP contribution in [0.3, 0.4) is 0 Å². The van der Waals surface area contributed by atoms with Gasteiger partial charge in [-0.2, -0.15) is 0 Å². The zero-order chi connectivity index (χ0) is 13.8. The standard InChI is InChI=1S/C13H18N4O2/c1-9-7-10(2)15-11(8-9)16-12(18)13(19)17-5-3-14-4-6-17/h7-8,14H,3-6H2,1-2H3,(H,15,16,18). The second-order valence-corrected chi connectivity index (χ2v) is 4.67. The van der Waals surface area contributed by atoms with Crippen LogP contribution in [0, 0.1) is 13.8 Å². The van der Waals surface area contributed by atoms with Gasteiger partial charge in [0.1, 0.15) is 5.82 Å². The molecule has 6 heteroatoms. The second kappa shape index (κ2) is 5.79. The van der Waals surface area contributed by atoms with Gasteiger partial charge >= 0.3 is 11.8 Å². The van der Waals surface area contributed by atoms with Crippen LogP contribution in [0.25, 0.3) is 0 Å². The number of hydrogen-bond acceptors (Lipinski definition) is 4. The minimum Gasteiger partial charge on any atom is -0.332 e. The van der Waals surface area contributed by atoms with Crippen molar-refractivity contribution < 1.29 is 9.59 Å². The molecule has 1 fully saturated rings. The first-order chi connectivity index (χ1) is 9.06. The topological polar surface area (TPSA) is 74.3 Å². The normalized spacial score (nSPS) is 15.2. The van der Waals surface area contributed by atoms with Crippen LogP contribution in [0.2, 0.25) is 0 Å². The summed E-state index contributed by atoms with van der Waals surface area (Å²) in [6.07, 6.45) is 0. The summed E-state index contributed by atoms with van der Waals surface area (Å²) >= 11 is 0. The van der Waals surface area contributed by atoms with Crippen molar-refractivity contribution in [3.63, 3.8) is 0 Å². The van der Waals surface area contributed by atoms with E-state index in [-0.39, 0.29) is 0 Å². The lowest BCUT2D eigenvalue weighted by Crippen LogP contribution is -2.50. The SMILES string of the molecule is Cc1cc(C)nc(NC(=O)C(=O)N2CCNCC2)c1. The van der Waals surface area contributed by atoms with Crippen LogP contribution in [0.1, 0.15) is 11.3 Å². The lowest BCUT2D eigenvalue weighted by molar-refractivity contribution is -0.143. The predicted molar refractivity (Wildman–Crippen MR) is 71.8 cm³/mol. The summed E-state index contributed by atoms with van der Waals surface area (Å²) in [4.78, 5) is 29.5. The fourth-order valence-electron chi connectivity index (χ4n) is 2.09. The van der Waals surface area contributed by atoms with Crippen LogP contribution in [-0.2, 0) is 9.59 Å². The third kappa shape index (κ3) is 3.51. The number of carbonyl (C=O) groups excluding carboxylic acids is 2. The smallest absolute Gasteiger partial charge is 0.315 e. The number of pyridine rings is 1. The van der Waals surface area contributed by atoms with E-state index >= 15 is 0 Å². The first-order valence-electron chi connectivity index (χ1n) is 6.32. The molecule has 0 saturated carbocycles. The highest BCUT2D eigenvalue weighted by atomic mass is 16.2. The zero-order valence-electron chi connectivity index (χ0n) is 11.2. The Kier molecular flexibility index (Phi) is 4.11. The van der Waals surface area contributed by atoms with Gasteiger partial charge in [0.2, 0.25) is 0 Å². The van der Waals surface area contributed by atoms with E-state index in [2.05, 4.69) is 15.6 Å². The fraction of sp³-hybridized carbons (Fsp3) is 0.462. The van der Waals surface area contributed by atoms with Crippen molar-refractivity contribution in [2.45, 2.75) is 13.8 Å². The van der Waals surface area contributed by atoms with Crippen molar-refractivity contribution in [2.24, 2.45) is 0 Å². The number of anilines is 1. The Morgan fingerprint density at radius 1 is 1.26 bits per heavy atom. The highest BCUT2D eigenvalue weighted by Gasteiger charge is 2.23. The summed E-state index contributed by atoms with van der Waals surface area (Å²) in [5.74, 6) is -0.701. The fourth-order valence-corrected chi connectivity index (χ4v) is 2.09. The summed E-state index contributed by atoms with van der Waals surface area (Å²) < 4.78 is 0. The highest BCUT2D eigenvalue weighted by Crippen LogP contribution is 2.09. The summed E-state index contributed by atoms with van der Waals surface area (Å²) in [6.45, 7) is 6.34. The maximum Gasteiger partial charge on any atom is 0.315 e. The van der Waals surface area contributed by atoms with Gasteiger partial charge in [0.15, 0.2) is 0 Å². The van der Waals surface area contributed by atoms with Crippen molar-refractivity contribution in [3.8, 4) is 0 Å². The molecule has 0 spiro atoms. The Morgan fingerprint density at radius 3 is 2.58 bits per heavy atom. The molecule has 2 amide bonds. The Labute approximate surface area is 112 Å². The van der Waals surface area contributed by atoms with Gasteiger partial charge in [-0.15, -0.1) is 0 Å². The molecule has 0 aliphatic carbocycles. The van der Waals surface area contributed by atoms with Crippen molar-refractivity contribution in [1.29, 1.82) is 0 Å². The lowest BCUT2D eigenvalue weighted by atomic mass is 10.2. The minimum absolute atomic E-state index is 0.422. The van der Waals surface area contributed by atoms with Crippen molar-refractivity contribution >= 4 is 17.6 Å². The Balaban J connectivity index is 2.01. The summed E-state index contributed by atoms with van der Waals surface area (Å²) in [5, 5.41) is 5.69. The molecule has 0 atom stereocenters. The molecule has 1 aromatic rings. The molecule has 0 unspecified atom stereocenters. The number of nitrogens with one attached hydrogen (secondary N) is 2. The number of piperazine rings is 1. The number of aryl methyl sites for hydroxylation is 2. The first kappa shape index (κ1) is 13.5. The number of aromatic nitrogens is 1. The van der Waals surface area contributed by atoms with E-state index in [1.807, 2.05) is 19.9 Å². The average molecular weight is 262 g/mol. The van der Waals surface area contributed by atoms with Gasteiger partial charge in [0.05, 0.1) is 0 Å². The quantitative estimate of drug-likeness (QED) is 0.702. The maximum atomic E-state index is 11.9. The first-order valence-corrected chi connectivity index (χ1v) is 6.32. The van der Waals surface area contributed by atoms with Gasteiger partial charge in [-0.25, -0.2) is 4.98 Å². The van der Waals surface area contributed by atoms with Gasteiger partial charge in [-0.3, -0.25) is 9.59 Å². The van der Waals surface area contributed by atoms with Crippen molar-refractivity contribution in [3.05, 3.63) is 23.4 Å². The number of hydrogen-bond donors (Lipinski definition) is 2. The summed E-state index contributed by atoms with van der Waals surface area (Å²) in [7, 11) is 0. The molecule has 19 heavy (non-hydrogen) atoms. The molecule has 1 aliphatic heterocycles. The predicted octanol–water partition coefficient (Wildman–Crippen LogP) is 0.0687. The van der Waals surface area contributed by atoms with Crippen LogP contribution < -0.4 is 10.6 Å². The van der Waals surface area contributed by atoms with E-state index in [0.29, 0.717) is 18.9 Å². The Morgan fingerprint density at radius 2 is 1.95 bits per heavy atom. The minimum atomic E-state index is -0.626. The third-order valence-corrected chi connectivity index (χ3v) is 2.94. The molecule has 1 aliphatic rings. The highest BCUT2D eigenvalue weighted by molar-refractivity contribution is 6.39. The maximum absolute atomic E-state index is 11.9. The molecule has 2 heterocycles. The van der Waals surface area contributed by atoms with E-state index in [1.54, 1.807) is 11.0 Å². The van der Waals surface area contributed by atoms with Crippen molar-refractivity contribution in [2.75, 3.05) is 31.5 Å². The van der Waals surface area contributed by atoms with E-state index < -0.39 is 11.8 Å². The van der Waals surface area contributed by atoms with Crippen LogP contribution in [-0.4, -0.2) is 47.9 Å². The molecule has 0 radical (unpaired) electrons. The van der Waals surface area contributed by atoms with Gasteiger partial charge < -0.3 is 15.5 Å². The van der Waals surface area contributed by atoms with Crippen LogP contribution >= 0.6 is 0 Å². The molecule has 1 aromatic heterocycles. The third-order valence-electron chi connectivity index (χ3n) is 2.94. The number of rotatable bonds is 1. The average Bonchev–Trinajstić information content (AvgIpc) is 2.37. The van der Waals surface area contributed by atoms with Crippen LogP contribution in [0.5, 0.6) is 0 Å². The molecular formula is C13H18N4O2. The number of nitrogens with zero attached hydrogens (tertiary/aromatic N) is 2. The molecule has 2 rings (SSSR count). The van der Waals surface area contributed by atoms with Gasteiger partial charge in [0, 0.05) is 31.9 Å². The van der Waals surface area contributed by atoms with Crippen LogP contribution in [0.15, 0.2) is 12.1 Å². The van der Waals surface area contributed by atoms with Gasteiger partial charge in [0.25, 0.3) is 0 Å². The second-order valence-electron chi connectivity index (χ2n) is 4.67. The summed E-state index contributed by atoms with van der Waals surface area (Å²) in [5.41, 5.74) is 1.81. The monoisotopic (exact) mass is 262 g/mol. The molecule has 102 valence electrons. The van der Waals surface area contributed by atoms with Crippen LogP contribution in [0.4, 0.5) is 5.82 Å². The number of carbonyl (C=O) groups is 2. The molecule has 0 aromatic carbocycles. The molecule has 6 nitrogen and oxygen atoms in total. The molecule has 2 N–H and O–H groups in total. The zero-order valence-corrected chi connectivity index (χ0v) is 11.2. The molecule has 1 saturated heterocycles. The summed E-state index contributed by atoms with van der Waals surface area (Å²) in [6, 6.07) is 3.66. The lowest BCUT2D eigenvalue weighted by Gasteiger charge is -2.26. The van der Waals surface area contributed by atoms with E-state index in [1.165, 1.54) is 0 Å². The van der Waals surface area contributed by atoms with E-state index in [9.17, 15) is 9.59 Å².